The van der Waals surface area contributed by atoms with Crippen molar-refractivity contribution in [2.75, 3.05) is 16.8 Å². The Morgan fingerprint density at radius 3 is 2.51 bits per heavy atom. The number of amides is 1. The van der Waals surface area contributed by atoms with Crippen LogP contribution in [0.3, 0.4) is 0 Å². The van der Waals surface area contributed by atoms with E-state index in [2.05, 4.69) is 42.5 Å². The van der Waals surface area contributed by atoms with Crippen LogP contribution in [0.1, 0.15) is 22.7 Å². The highest BCUT2D eigenvalue weighted by Gasteiger charge is 2.41. The van der Waals surface area contributed by atoms with Crippen LogP contribution in [-0.4, -0.2) is 22.6 Å². The quantitative estimate of drug-likeness (QED) is 0.264. The Morgan fingerprint density at radius 1 is 1.06 bits per heavy atom. The van der Waals surface area contributed by atoms with Crippen molar-refractivity contribution in [1.82, 2.24) is 10.3 Å². The van der Waals surface area contributed by atoms with Gasteiger partial charge in [-0.1, -0.05) is 24.3 Å². The van der Waals surface area contributed by atoms with Gasteiger partial charge in [-0.3, -0.25) is 9.78 Å². The van der Waals surface area contributed by atoms with Gasteiger partial charge in [0.05, 0.1) is 21.6 Å². The number of ether oxygens (including phenoxy) is 1. The Labute approximate surface area is 221 Å². The molecule has 6 nitrogen and oxygen atoms in total. The fourth-order valence-corrected chi connectivity index (χ4v) is 5.88. The number of nitrogens with zero attached hydrogens (tertiary/aromatic N) is 2. The van der Waals surface area contributed by atoms with Gasteiger partial charge in [-0.05, 0) is 88.8 Å². The molecule has 0 bridgehead atoms. The van der Waals surface area contributed by atoms with Crippen LogP contribution >= 0.6 is 39.5 Å². The summed E-state index contributed by atoms with van der Waals surface area (Å²) in [5.74, 6) is 0.429. The number of aromatic nitrogens is 1. The molecule has 0 spiro atoms. The molecule has 0 unspecified atom stereocenters. The van der Waals surface area contributed by atoms with Crippen molar-refractivity contribution in [3.8, 4) is 5.75 Å². The van der Waals surface area contributed by atoms with E-state index in [4.69, 9.17) is 17.0 Å². The van der Waals surface area contributed by atoms with Crippen LogP contribution < -0.4 is 20.3 Å². The van der Waals surface area contributed by atoms with Crippen LogP contribution in [0.25, 0.3) is 0 Å². The lowest BCUT2D eigenvalue weighted by molar-refractivity contribution is -0.118. The number of thiocarbonyl (C=S) groups is 1. The van der Waals surface area contributed by atoms with E-state index >= 15 is 0 Å². The summed E-state index contributed by atoms with van der Waals surface area (Å²) in [6.45, 7) is -0.0625. The molecule has 0 aliphatic carbocycles. The zero-order chi connectivity index (χ0) is 24.2. The molecule has 35 heavy (non-hydrogen) atoms. The molecule has 2 aromatic carbocycles. The number of hydrogen-bond acceptors (Lipinski definition) is 5. The zero-order valence-corrected chi connectivity index (χ0v) is 21.6. The van der Waals surface area contributed by atoms with Gasteiger partial charge in [-0.25, -0.2) is 0 Å². The van der Waals surface area contributed by atoms with E-state index in [1.165, 1.54) is 0 Å². The highest BCUT2D eigenvalue weighted by atomic mass is 79.9. The first-order valence-electron chi connectivity index (χ1n) is 10.9. The van der Waals surface area contributed by atoms with E-state index in [-0.39, 0.29) is 24.6 Å². The molecular weight excluding hydrogens is 544 g/mol. The van der Waals surface area contributed by atoms with Gasteiger partial charge in [0, 0.05) is 22.4 Å². The Balaban J connectivity index is 1.34. The van der Waals surface area contributed by atoms with E-state index in [9.17, 15) is 4.79 Å². The molecule has 1 saturated heterocycles. The fraction of sp³-hybridized carbons (Fsp3) is 0.115. The van der Waals surface area contributed by atoms with Crippen LogP contribution in [0.4, 0.5) is 11.4 Å². The predicted molar refractivity (Wildman–Crippen MR) is 147 cm³/mol. The van der Waals surface area contributed by atoms with Crippen LogP contribution in [-0.2, 0) is 4.79 Å². The van der Waals surface area contributed by atoms with Crippen molar-refractivity contribution in [3.63, 3.8) is 0 Å². The molecule has 1 fully saturated rings. The number of halogens is 1. The zero-order valence-electron chi connectivity index (χ0n) is 18.4. The lowest BCUT2D eigenvalue weighted by Gasteiger charge is -2.27. The molecule has 1 aliphatic rings. The Bertz CT molecular complexity index is 1320. The Kier molecular flexibility index (Phi) is 7.08. The minimum Gasteiger partial charge on any atom is -0.484 e. The second kappa shape index (κ2) is 10.6. The molecular formula is C26H21BrN4O2S2. The molecule has 176 valence electrons. The first-order valence-corrected chi connectivity index (χ1v) is 12.9. The minimum absolute atomic E-state index is 0.0617. The molecule has 1 amide bonds. The summed E-state index contributed by atoms with van der Waals surface area (Å²) in [4.78, 5) is 20.2. The monoisotopic (exact) mass is 564 g/mol. The molecule has 0 radical (unpaired) electrons. The molecule has 1 aliphatic heterocycles. The maximum Gasteiger partial charge on any atom is 0.262 e. The van der Waals surface area contributed by atoms with E-state index in [1.54, 1.807) is 17.5 Å². The van der Waals surface area contributed by atoms with Gasteiger partial charge >= 0.3 is 0 Å². The number of rotatable bonds is 7. The summed E-state index contributed by atoms with van der Waals surface area (Å²) >= 11 is 11.0. The average Bonchev–Trinajstić information content (AvgIpc) is 3.47. The molecule has 2 atom stereocenters. The number of para-hydroxylation sites is 1. The van der Waals surface area contributed by atoms with Crippen LogP contribution in [0, 0.1) is 0 Å². The lowest BCUT2D eigenvalue weighted by atomic mass is 10.0. The molecule has 4 aromatic rings. The summed E-state index contributed by atoms with van der Waals surface area (Å²) in [6, 6.07) is 26.8. The third-order valence-electron chi connectivity index (χ3n) is 5.53. The van der Waals surface area contributed by atoms with Crippen molar-refractivity contribution in [2.24, 2.45) is 0 Å². The summed E-state index contributed by atoms with van der Waals surface area (Å²) in [5.41, 5.74) is 2.54. The Hall–Kier alpha value is -3.27. The summed E-state index contributed by atoms with van der Waals surface area (Å²) < 4.78 is 6.58. The van der Waals surface area contributed by atoms with Gasteiger partial charge in [0.15, 0.2) is 11.7 Å². The molecule has 0 saturated carbocycles. The van der Waals surface area contributed by atoms with E-state index in [1.807, 2.05) is 78.9 Å². The second-order valence-corrected chi connectivity index (χ2v) is 10.7. The number of benzene rings is 2. The van der Waals surface area contributed by atoms with Crippen molar-refractivity contribution in [2.45, 2.75) is 12.1 Å². The molecule has 9 heteroatoms. The van der Waals surface area contributed by atoms with Gasteiger partial charge in [-0.2, -0.15) is 0 Å². The van der Waals surface area contributed by atoms with E-state index < -0.39 is 0 Å². The second-order valence-electron chi connectivity index (χ2n) is 7.84. The minimum atomic E-state index is -0.225. The first kappa shape index (κ1) is 23.5. The van der Waals surface area contributed by atoms with Gasteiger partial charge in [0.25, 0.3) is 5.91 Å². The highest BCUT2D eigenvalue weighted by Crippen LogP contribution is 2.44. The van der Waals surface area contributed by atoms with Crippen molar-refractivity contribution in [3.05, 3.63) is 105 Å². The van der Waals surface area contributed by atoms with Crippen molar-refractivity contribution < 1.29 is 9.53 Å². The van der Waals surface area contributed by atoms with Crippen LogP contribution in [0.2, 0.25) is 0 Å². The van der Waals surface area contributed by atoms with Crippen molar-refractivity contribution >= 4 is 61.9 Å². The summed E-state index contributed by atoms with van der Waals surface area (Å²) in [6.07, 6.45) is 1.79. The van der Waals surface area contributed by atoms with Gasteiger partial charge < -0.3 is 20.3 Å². The summed E-state index contributed by atoms with van der Waals surface area (Å²) in [7, 11) is 0. The number of thiophene rings is 1. The maximum atomic E-state index is 12.3. The lowest BCUT2D eigenvalue weighted by Crippen LogP contribution is -2.29. The average molecular weight is 566 g/mol. The van der Waals surface area contributed by atoms with Crippen molar-refractivity contribution in [1.29, 1.82) is 0 Å². The van der Waals surface area contributed by atoms with Crippen LogP contribution in [0.15, 0.2) is 94.9 Å². The largest absolute Gasteiger partial charge is 0.484 e. The first-order chi connectivity index (χ1) is 17.1. The van der Waals surface area contributed by atoms with E-state index in [0.717, 1.165) is 20.0 Å². The highest BCUT2D eigenvalue weighted by molar-refractivity contribution is 9.11. The van der Waals surface area contributed by atoms with Gasteiger partial charge in [0.1, 0.15) is 5.75 Å². The molecule has 3 heterocycles. The number of carbonyl (C=O) groups is 1. The fourth-order valence-electron chi connectivity index (χ4n) is 3.98. The number of hydrogen-bond donors (Lipinski definition) is 2. The Morgan fingerprint density at radius 2 is 1.83 bits per heavy atom. The smallest absolute Gasteiger partial charge is 0.262 e. The predicted octanol–water partition coefficient (Wildman–Crippen LogP) is 6.10. The van der Waals surface area contributed by atoms with Gasteiger partial charge in [0.2, 0.25) is 0 Å². The standard InChI is InChI=1S/C26H21BrN4O2S2/c27-22-14-13-21(35-22)25-24(20-8-4-5-15-28-20)30-26(34)31(25)18-11-9-17(10-12-18)29-23(32)16-33-19-6-2-1-3-7-19/h1-15,24-25H,16H2,(H,29,32)(H,30,34)/t24-,25+/m0/s1. The number of carbonyl (C=O) groups excluding carboxylic acids is 1. The molecule has 5 rings (SSSR count). The molecule has 2 N–H and O–H groups in total. The molecule has 2 aromatic heterocycles. The third-order valence-corrected chi connectivity index (χ3v) is 7.53. The summed E-state index contributed by atoms with van der Waals surface area (Å²) in [5, 5.41) is 6.96. The number of nitrogens with one attached hydrogen (secondary N) is 2. The van der Waals surface area contributed by atoms with Crippen LogP contribution in [0.5, 0.6) is 5.75 Å². The number of anilines is 2. The normalized spacial score (nSPS) is 17.2. The van der Waals surface area contributed by atoms with E-state index in [0.29, 0.717) is 16.5 Å². The number of pyridine rings is 1. The third kappa shape index (κ3) is 5.37. The maximum absolute atomic E-state index is 12.3. The topological polar surface area (TPSA) is 66.5 Å². The SMILES string of the molecule is O=C(COc1ccccc1)Nc1ccc(N2C(=S)N[C@@H](c3ccccn3)[C@H]2c2ccc(Br)s2)cc1. The van der Waals surface area contributed by atoms with Gasteiger partial charge in [-0.15, -0.1) is 11.3 Å².